The average molecular weight is 559 g/mol. The summed E-state index contributed by atoms with van der Waals surface area (Å²) in [6.07, 6.45) is 0. The number of benzene rings is 3. The molecule has 1 N–H and O–H groups in total. The van der Waals surface area contributed by atoms with Crippen LogP contribution in [0.5, 0.6) is 11.5 Å². The lowest BCUT2D eigenvalue weighted by molar-refractivity contribution is -0.132. The number of anilines is 1. The lowest BCUT2D eigenvalue weighted by Crippen LogP contribution is -2.29. The van der Waals surface area contributed by atoms with E-state index >= 15 is 0 Å². The van der Waals surface area contributed by atoms with Gasteiger partial charge < -0.3 is 14.6 Å². The van der Waals surface area contributed by atoms with Crippen LogP contribution >= 0.6 is 11.3 Å². The number of rotatable bonds is 6. The molecule has 0 radical (unpaired) electrons. The normalized spacial score (nSPS) is 16.3. The number of hydrogen-bond donors (Lipinski definition) is 1. The van der Waals surface area contributed by atoms with Crippen LogP contribution < -0.4 is 9.64 Å². The van der Waals surface area contributed by atoms with Crippen molar-refractivity contribution in [3.8, 4) is 11.5 Å². The van der Waals surface area contributed by atoms with Crippen LogP contribution in [0.2, 0.25) is 0 Å². The number of aryl methyl sites for hydroxylation is 2. The molecule has 1 aliphatic rings. The molecular formula is C30H23FN2O6S. The highest BCUT2D eigenvalue weighted by Crippen LogP contribution is 2.44. The van der Waals surface area contributed by atoms with Gasteiger partial charge in [-0.15, -0.1) is 0 Å². The standard InChI is InChI=1S/C30H23FN2O6S/c1-16-12-13-19(15-22(16)31)25(34)23-24(18-8-7-11-21(14-18)39-20-9-5-4-6-10-20)33(28(36)26(23)35)30-32-17(2)27(40-30)29(37)38-3/h4-15,24,34H,1-3H3/b25-23-. The Balaban J connectivity index is 1.69. The van der Waals surface area contributed by atoms with Gasteiger partial charge in [-0.3, -0.25) is 14.5 Å². The molecule has 5 rings (SSSR count). The maximum atomic E-state index is 14.4. The number of Topliss-reactive ketones (excluding diaryl/α,β-unsaturated/α-hetero) is 1. The molecule has 1 saturated heterocycles. The predicted molar refractivity (Wildman–Crippen MR) is 147 cm³/mol. The molecule has 2 heterocycles. The summed E-state index contributed by atoms with van der Waals surface area (Å²) < 4.78 is 25.2. The van der Waals surface area contributed by atoms with Crippen LogP contribution in [-0.2, 0) is 14.3 Å². The van der Waals surface area contributed by atoms with Gasteiger partial charge in [-0.2, -0.15) is 0 Å². The molecule has 1 fully saturated rings. The summed E-state index contributed by atoms with van der Waals surface area (Å²) in [5, 5.41) is 11.4. The van der Waals surface area contributed by atoms with E-state index in [2.05, 4.69) is 4.98 Å². The highest BCUT2D eigenvalue weighted by molar-refractivity contribution is 7.17. The highest BCUT2D eigenvalue weighted by atomic mass is 32.1. The first-order chi connectivity index (χ1) is 19.2. The molecule has 10 heteroatoms. The molecule has 1 aromatic heterocycles. The Morgan fingerprint density at radius 2 is 1.73 bits per heavy atom. The summed E-state index contributed by atoms with van der Waals surface area (Å²) in [5.41, 5.74) is 0.877. The van der Waals surface area contributed by atoms with Crippen LogP contribution in [0.25, 0.3) is 5.76 Å². The van der Waals surface area contributed by atoms with Gasteiger partial charge in [0.05, 0.1) is 24.4 Å². The van der Waals surface area contributed by atoms with Gasteiger partial charge in [-0.25, -0.2) is 14.2 Å². The number of para-hydroxylation sites is 1. The topological polar surface area (TPSA) is 106 Å². The number of carbonyl (C=O) groups excluding carboxylic acids is 3. The molecular weight excluding hydrogens is 535 g/mol. The number of carbonyl (C=O) groups is 3. The Kier molecular flexibility index (Phi) is 7.19. The van der Waals surface area contributed by atoms with Crippen molar-refractivity contribution in [1.82, 2.24) is 4.98 Å². The quantitative estimate of drug-likeness (QED) is 0.132. The zero-order valence-electron chi connectivity index (χ0n) is 21.7. The van der Waals surface area contributed by atoms with E-state index < -0.39 is 35.3 Å². The number of halogens is 1. The second-order valence-corrected chi connectivity index (χ2v) is 10.0. The summed E-state index contributed by atoms with van der Waals surface area (Å²) in [5.74, 6) is -2.71. The Morgan fingerprint density at radius 1 is 1.00 bits per heavy atom. The molecule has 3 aromatic carbocycles. The minimum Gasteiger partial charge on any atom is -0.507 e. The minimum atomic E-state index is -1.15. The summed E-state index contributed by atoms with van der Waals surface area (Å²) >= 11 is 0.886. The molecule has 0 spiro atoms. The SMILES string of the molecule is COC(=O)c1sc(N2C(=O)C(=O)/C(=C(\O)c3ccc(C)c(F)c3)C2c2cccc(Oc3ccccc3)c2)nc1C. The summed E-state index contributed by atoms with van der Waals surface area (Å²) in [4.78, 5) is 44.9. The van der Waals surface area contributed by atoms with Gasteiger partial charge in [-0.05, 0) is 55.3 Å². The van der Waals surface area contributed by atoms with E-state index in [-0.39, 0.29) is 21.1 Å². The van der Waals surface area contributed by atoms with Crippen LogP contribution in [0.15, 0.2) is 78.4 Å². The number of nitrogens with zero attached hydrogens (tertiary/aromatic N) is 2. The van der Waals surface area contributed by atoms with E-state index in [0.717, 1.165) is 22.3 Å². The number of esters is 1. The second-order valence-electron chi connectivity index (χ2n) is 9.02. The van der Waals surface area contributed by atoms with E-state index in [1.807, 2.05) is 18.2 Å². The number of aliphatic hydroxyl groups is 1. The maximum absolute atomic E-state index is 14.4. The third kappa shape index (κ3) is 4.85. The molecule has 1 aliphatic heterocycles. The first-order valence-electron chi connectivity index (χ1n) is 12.2. The number of hydrogen-bond acceptors (Lipinski definition) is 8. The molecule has 8 nitrogen and oxygen atoms in total. The van der Waals surface area contributed by atoms with Crippen LogP contribution in [0.4, 0.5) is 9.52 Å². The Hall–Kier alpha value is -4.83. The number of amides is 1. The van der Waals surface area contributed by atoms with Gasteiger partial charge in [0.25, 0.3) is 5.78 Å². The summed E-state index contributed by atoms with van der Waals surface area (Å²) in [7, 11) is 1.23. The smallest absolute Gasteiger partial charge is 0.350 e. The van der Waals surface area contributed by atoms with E-state index in [4.69, 9.17) is 9.47 Å². The Labute approximate surface area is 232 Å². The van der Waals surface area contributed by atoms with Crippen LogP contribution in [-0.4, -0.2) is 34.9 Å². The van der Waals surface area contributed by atoms with Crippen molar-refractivity contribution in [2.24, 2.45) is 0 Å². The van der Waals surface area contributed by atoms with Gasteiger partial charge in [-0.1, -0.05) is 53.8 Å². The first-order valence-corrected chi connectivity index (χ1v) is 13.0. The van der Waals surface area contributed by atoms with Crippen molar-refractivity contribution in [3.05, 3.63) is 111 Å². The number of aromatic nitrogens is 1. The second kappa shape index (κ2) is 10.7. The zero-order chi connectivity index (χ0) is 28.6. The van der Waals surface area contributed by atoms with E-state index in [1.54, 1.807) is 50.2 Å². The van der Waals surface area contributed by atoms with Gasteiger partial charge >= 0.3 is 11.9 Å². The molecule has 1 atom stereocenters. The van der Waals surface area contributed by atoms with Crippen LogP contribution in [0.3, 0.4) is 0 Å². The molecule has 4 aromatic rings. The average Bonchev–Trinajstić information content (AvgIpc) is 3.46. The van der Waals surface area contributed by atoms with Crippen molar-refractivity contribution in [2.45, 2.75) is 19.9 Å². The zero-order valence-corrected chi connectivity index (χ0v) is 22.5. The van der Waals surface area contributed by atoms with Gasteiger partial charge in [0.1, 0.15) is 28.0 Å². The number of aliphatic hydroxyl groups excluding tert-OH is 1. The van der Waals surface area contributed by atoms with Crippen molar-refractivity contribution in [3.63, 3.8) is 0 Å². The fourth-order valence-corrected chi connectivity index (χ4v) is 5.39. The Morgan fingerprint density at radius 3 is 2.42 bits per heavy atom. The monoisotopic (exact) mass is 558 g/mol. The Bertz CT molecular complexity index is 1680. The van der Waals surface area contributed by atoms with Crippen molar-refractivity contribution < 1.29 is 33.4 Å². The van der Waals surface area contributed by atoms with E-state index in [0.29, 0.717) is 28.3 Å². The first kappa shape index (κ1) is 26.8. The maximum Gasteiger partial charge on any atom is 0.350 e. The molecule has 0 aliphatic carbocycles. The van der Waals surface area contributed by atoms with Gasteiger partial charge in [0.15, 0.2) is 5.13 Å². The third-order valence-electron chi connectivity index (χ3n) is 6.40. The van der Waals surface area contributed by atoms with E-state index in [9.17, 15) is 23.9 Å². The molecule has 1 unspecified atom stereocenters. The summed E-state index contributed by atoms with van der Waals surface area (Å²) in [6.45, 7) is 3.15. The number of ketones is 1. The fourth-order valence-electron chi connectivity index (χ4n) is 4.38. The van der Waals surface area contributed by atoms with Crippen LogP contribution in [0, 0.1) is 19.7 Å². The van der Waals surface area contributed by atoms with Crippen molar-refractivity contribution >= 4 is 39.9 Å². The number of ether oxygens (including phenoxy) is 2. The molecule has 1 amide bonds. The molecule has 0 bridgehead atoms. The van der Waals surface area contributed by atoms with Crippen molar-refractivity contribution in [2.75, 3.05) is 12.0 Å². The molecule has 40 heavy (non-hydrogen) atoms. The molecule has 202 valence electrons. The lowest BCUT2D eigenvalue weighted by Gasteiger charge is -2.23. The van der Waals surface area contributed by atoms with Gasteiger partial charge in [0.2, 0.25) is 0 Å². The third-order valence-corrected chi connectivity index (χ3v) is 7.54. The molecule has 0 saturated carbocycles. The van der Waals surface area contributed by atoms with Crippen molar-refractivity contribution in [1.29, 1.82) is 0 Å². The predicted octanol–water partition coefficient (Wildman–Crippen LogP) is 6.10. The number of methoxy groups -OCH3 is 1. The lowest BCUT2D eigenvalue weighted by atomic mass is 9.95. The highest BCUT2D eigenvalue weighted by Gasteiger charge is 2.48. The van der Waals surface area contributed by atoms with Crippen LogP contribution in [0.1, 0.15) is 38.1 Å². The summed E-state index contributed by atoms with van der Waals surface area (Å²) in [6, 6.07) is 18.6. The minimum absolute atomic E-state index is 0.0355. The van der Waals surface area contributed by atoms with Gasteiger partial charge in [0, 0.05) is 5.56 Å². The number of thiazole rings is 1. The van der Waals surface area contributed by atoms with E-state index in [1.165, 1.54) is 19.2 Å². The fraction of sp³-hybridized carbons (Fsp3) is 0.133. The largest absolute Gasteiger partial charge is 0.507 e.